The van der Waals surface area contributed by atoms with Gasteiger partial charge < -0.3 is 4.57 Å². The van der Waals surface area contributed by atoms with E-state index in [0.717, 1.165) is 47.7 Å². The minimum Gasteiger partial charge on any atom is -0.338 e. The molecule has 0 aliphatic rings. The Kier molecular flexibility index (Phi) is 5.14. The summed E-state index contributed by atoms with van der Waals surface area (Å²) in [6.07, 6.45) is 4.27. The molecule has 150 valence electrons. The highest BCUT2D eigenvalue weighted by Crippen LogP contribution is 2.27. The summed E-state index contributed by atoms with van der Waals surface area (Å²) in [7, 11) is 1.91. The molecule has 5 heteroatoms. The molecule has 0 amide bonds. The Hall–Kier alpha value is -3.08. The van der Waals surface area contributed by atoms with Crippen molar-refractivity contribution in [3.05, 3.63) is 74.9 Å². The molecule has 4 aromatic rings. The van der Waals surface area contributed by atoms with Crippen LogP contribution in [-0.4, -0.2) is 13.7 Å². The van der Waals surface area contributed by atoms with E-state index in [1.54, 1.807) is 4.57 Å². The fourth-order valence-electron chi connectivity index (χ4n) is 4.17. The maximum atomic E-state index is 13.5. The van der Waals surface area contributed by atoms with Crippen LogP contribution in [0.5, 0.6) is 0 Å². The van der Waals surface area contributed by atoms with Gasteiger partial charge in [-0.25, -0.2) is 9.36 Å². The van der Waals surface area contributed by atoms with Crippen molar-refractivity contribution in [2.75, 3.05) is 0 Å². The van der Waals surface area contributed by atoms with E-state index < -0.39 is 0 Å². The number of unbranched alkanes of at least 4 members (excludes halogenated alkanes) is 3. The molecule has 0 saturated carbocycles. The molecule has 0 fully saturated rings. The molecule has 0 aliphatic heterocycles. The van der Waals surface area contributed by atoms with Crippen molar-refractivity contribution >= 4 is 21.9 Å². The number of nitrogens with zero attached hydrogens (tertiary/aromatic N) is 3. The SMILES string of the molecule is CCCCCCn1c(=O)n(-c2ccccc2)c(=O)c2c1c1cc(C)ccc1n2C. The molecule has 5 nitrogen and oxygen atoms in total. The highest BCUT2D eigenvalue weighted by atomic mass is 16.2. The van der Waals surface area contributed by atoms with Gasteiger partial charge in [0.15, 0.2) is 0 Å². The number of para-hydroxylation sites is 1. The van der Waals surface area contributed by atoms with Crippen molar-refractivity contribution < 1.29 is 0 Å². The summed E-state index contributed by atoms with van der Waals surface area (Å²) in [6.45, 7) is 4.82. The van der Waals surface area contributed by atoms with Crippen LogP contribution < -0.4 is 11.2 Å². The van der Waals surface area contributed by atoms with Gasteiger partial charge in [0.1, 0.15) is 5.52 Å². The van der Waals surface area contributed by atoms with Crippen LogP contribution in [0.25, 0.3) is 27.6 Å². The van der Waals surface area contributed by atoms with Gasteiger partial charge in [-0.3, -0.25) is 9.36 Å². The summed E-state index contributed by atoms with van der Waals surface area (Å²) in [6, 6.07) is 15.3. The molecule has 2 aromatic heterocycles. The molecule has 0 spiro atoms. The normalized spacial score (nSPS) is 11.6. The first-order valence-electron chi connectivity index (χ1n) is 10.3. The summed E-state index contributed by atoms with van der Waals surface area (Å²) < 4.78 is 5.04. The maximum absolute atomic E-state index is 13.5. The Bertz CT molecular complexity index is 1290. The van der Waals surface area contributed by atoms with E-state index in [-0.39, 0.29) is 11.2 Å². The first kappa shape index (κ1) is 19.2. The summed E-state index contributed by atoms with van der Waals surface area (Å²) in [5.74, 6) is 0. The van der Waals surface area contributed by atoms with Gasteiger partial charge >= 0.3 is 5.69 Å². The monoisotopic (exact) mass is 389 g/mol. The molecule has 0 bridgehead atoms. The fourth-order valence-corrected chi connectivity index (χ4v) is 4.17. The third-order valence-corrected chi connectivity index (χ3v) is 5.68. The third-order valence-electron chi connectivity index (χ3n) is 5.68. The molecule has 0 aliphatic carbocycles. The van der Waals surface area contributed by atoms with Crippen LogP contribution in [0, 0.1) is 6.92 Å². The lowest BCUT2D eigenvalue weighted by atomic mass is 10.1. The molecule has 4 rings (SSSR count). The average molecular weight is 389 g/mol. The standard InChI is InChI=1S/C24H27N3O2/c1-4-5-6-10-15-26-21-19-16-17(2)13-14-20(19)25(3)22(21)23(28)27(24(26)29)18-11-8-7-9-12-18/h7-9,11-14,16H,4-6,10,15H2,1-3H3. The Morgan fingerprint density at radius 1 is 0.897 bits per heavy atom. The van der Waals surface area contributed by atoms with Crippen molar-refractivity contribution in [3.63, 3.8) is 0 Å². The number of fused-ring (bicyclic) bond motifs is 3. The first-order valence-corrected chi connectivity index (χ1v) is 10.3. The Morgan fingerprint density at radius 3 is 2.38 bits per heavy atom. The largest absolute Gasteiger partial charge is 0.338 e. The Balaban J connectivity index is 2.09. The highest BCUT2D eigenvalue weighted by molar-refractivity contribution is 6.06. The van der Waals surface area contributed by atoms with Crippen LogP contribution in [0.2, 0.25) is 0 Å². The minimum absolute atomic E-state index is 0.265. The molecule has 0 saturated heterocycles. The van der Waals surface area contributed by atoms with Gasteiger partial charge in [0.25, 0.3) is 5.56 Å². The predicted octanol–water partition coefficient (Wildman–Crippen LogP) is 4.53. The van der Waals surface area contributed by atoms with Crippen molar-refractivity contribution in [1.29, 1.82) is 0 Å². The van der Waals surface area contributed by atoms with Crippen LogP contribution in [0.1, 0.15) is 38.2 Å². The smallest absolute Gasteiger partial charge is 0.336 e. The number of hydrogen-bond donors (Lipinski definition) is 0. The molecule has 2 heterocycles. The Morgan fingerprint density at radius 2 is 1.66 bits per heavy atom. The number of benzene rings is 2. The number of rotatable bonds is 6. The van der Waals surface area contributed by atoms with Gasteiger partial charge in [0.05, 0.1) is 16.7 Å². The minimum atomic E-state index is -0.266. The van der Waals surface area contributed by atoms with Gasteiger partial charge in [0.2, 0.25) is 0 Å². The third kappa shape index (κ3) is 3.20. The van der Waals surface area contributed by atoms with Gasteiger partial charge in [-0.15, -0.1) is 0 Å². The van der Waals surface area contributed by atoms with E-state index in [0.29, 0.717) is 17.7 Å². The van der Waals surface area contributed by atoms with E-state index >= 15 is 0 Å². The van der Waals surface area contributed by atoms with Crippen LogP contribution in [-0.2, 0) is 13.6 Å². The zero-order valence-electron chi connectivity index (χ0n) is 17.3. The summed E-state index contributed by atoms with van der Waals surface area (Å²) in [5.41, 5.74) is 3.48. The van der Waals surface area contributed by atoms with E-state index in [1.165, 1.54) is 4.57 Å². The van der Waals surface area contributed by atoms with Crippen molar-refractivity contribution in [3.8, 4) is 5.69 Å². The summed E-state index contributed by atoms with van der Waals surface area (Å²) >= 11 is 0. The van der Waals surface area contributed by atoms with Gasteiger partial charge in [-0.1, -0.05) is 56.0 Å². The average Bonchev–Trinajstić information content (AvgIpc) is 3.00. The van der Waals surface area contributed by atoms with Gasteiger partial charge in [0, 0.05) is 19.0 Å². The summed E-state index contributed by atoms with van der Waals surface area (Å²) in [4.78, 5) is 27.0. The molecule has 2 aromatic carbocycles. The number of aryl methyl sites for hydroxylation is 3. The Labute approximate surface area is 169 Å². The molecule has 0 unspecified atom stereocenters. The molecule has 0 N–H and O–H groups in total. The van der Waals surface area contributed by atoms with Crippen molar-refractivity contribution in [2.24, 2.45) is 7.05 Å². The zero-order valence-corrected chi connectivity index (χ0v) is 17.3. The molecular formula is C24H27N3O2. The number of aromatic nitrogens is 3. The molecular weight excluding hydrogens is 362 g/mol. The quantitative estimate of drug-likeness (QED) is 0.455. The molecule has 0 atom stereocenters. The lowest BCUT2D eigenvalue weighted by molar-refractivity contribution is 0.566. The maximum Gasteiger partial charge on any atom is 0.336 e. The number of hydrogen-bond acceptors (Lipinski definition) is 2. The van der Waals surface area contributed by atoms with Crippen LogP contribution in [0.15, 0.2) is 58.1 Å². The predicted molar refractivity (Wildman–Crippen MR) is 119 cm³/mol. The van der Waals surface area contributed by atoms with Crippen LogP contribution in [0.3, 0.4) is 0 Å². The highest BCUT2D eigenvalue weighted by Gasteiger charge is 2.20. The summed E-state index contributed by atoms with van der Waals surface area (Å²) in [5, 5.41) is 0.965. The fraction of sp³-hybridized carbons (Fsp3) is 0.333. The van der Waals surface area contributed by atoms with Gasteiger partial charge in [-0.05, 0) is 37.6 Å². The molecule has 0 radical (unpaired) electrons. The van der Waals surface area contributed by atoms with E-state index in [1.807, 2.05) is 61.0 Å². The second-order valence-electron chi connectivity index (χ2n) is 7.75. The molecule has 29 heavy (non-hydrogen) atoms. The second kappa shape index (κ2) is 7.74. The van der Waals surface area contributed by atoms with Gasteiger partial charge in [-0.2, -0.15) is 0 Å². The lowest BCUT2D eigenvalue weighted by Gasteiger charge is -2.13. The van der Waals surface area contributed by atoms with E-state index in [4.69, 9.17) is 0 Å². The van der Waals surface area contributed by atoms with E-state index in [2.05, 4.69) is 13.0 Å². The lowest BCUT2D eigenvalue weighted by Crippen LogP contribution is -2.39. The van der Waals surface area contributed by atoms with Crippen molar-refractivity contribution in [2.45, 2.75) is 46.1 Å². The zero-order chi connectivity index (χ0) is 20.5. The van der Waals surface area contributed by atoms with Crippen LogP contribution in [0.4, 0.5) is 0 Å². The topological polar surface area (TPSA) is 48.9 Å². The van der Waals surface area contributed by atoms with E-state index in [9.17, 15) is 9.59 Å². The second-order valence-corrected chi connectivity index (χ2v) is 7.75. The first-order chi connectivity index (χ1) is 14.0. The van der Waals surface area contributed by atoms with Crippen LogP contribution >= 0.6 is 0 Å². The van der Waals surface area contributed by atoms with Crippen molar-refractivity contribution in [1.82, 2.24) is 13.7 Å².